The molecule has 8 rings (SSSR count). The van der Waals surface area contributed by atoms with E-state index in [9.17, 15) is 9.90 Å². The van der Waals surface area contributed by atoms with Crippen molar-refractivity contribution in [3.05, 3.63) is 53.9 Å². The number of carboxylic acid groups (broad SMARTS) is 1. The number of carbonyl (C=O) groups is 1. The van der Waals surface area contributed by atoms with Crippen molar-refractivity contribution in [3.8, 4) is 22.0 Å². The van der Waals surface area contributed by atoms with Gasteiger partial charge >= 0.3 is 5.97 Å². The third-order valence-corrected chi connectivity index (χ3v) is 9.14. The highest BCUT2D eigenvalue weighted by Gasteiger charge is 2.47. The van der Waals surface area contributed by atoms with E-state index in [4.69, 9.17) is 21.6 Å². The summed E-state index contributed by atoms with van der Waals surface area (Å²) in [4.78, 5) is 35.0. The first-order valence-corrected chi connectivity index (χ1v) is 13.6. The lowest BCUT2D eigenvalue weighted by atomic mass is 9.61. The summed E-state index contributed by atoms with van der Waals surface area (Å²) in [5.41, 5.74) is 2.65. The number of hydrogen-bond acceptors (Lipinski definition) is 7. The van der Waals surface area contributed by atoms with Gasteiger partial charge in [0, 0.05) is 23.0 Å². The molecule has 10 heteroatoms. The van der Waals surface area contributed by atoms with Gasteiger partial charge in [-0.05, 0) is 55.0 Å². The molecule has 3 aliphatic rings. The van der Waals surface area contributed by atoms with Crippen LogP contribution in [0.1, 0.15) is 25.7 Å². The van der Waals surface area contributed by atoms with Crippen LogP contribution in [0.15, 0.2) is 48.8 Å². The summed E-state index contributed by atoms with van der Waals surface area (Å²) in [5.74, 6) is 0.465. The Labute approximate surface area is 221 Å². The molecule has 3 N–H and O–H groups in total. The molecule has 0 amide bonds. The Balaban J connectivity index is 1.36. The molecule has 0 saturated heterocycles. The van der Waals surface area contributed by atoms with Gasteiger partial charge in [-0.15, -0.1) is 11.3 Å². The number of aromatic amines is 1. The molecule has 4 heterocycles. The number of hydrogen-bond donors (Lipinski definition) is 3. The van der Waals surface area contributed by atoms with Crippen LogP contribution in [-0.2, 0) is 4.79 Å². The van der Waals surface area contributed by atoms with Crippen molar-refractivity contribution < 1.29 is 9.90 Å². The lowest BCUT2D eigenvalue weighted by molar-refractivity contribution is -0.148. The van der Waals surface area contributed by atoms with Gasteiger partial charge in [-0.25, -0.2) is 19.9 Å². The van der Waals surface area contributed by atoms with Crippen LogP contribution in [0.3, 0.4) is 0 Å². The number of rotatable bonds is 5. The van der Waals surface area contributed by atoms with E-state index in [0.29, 0.717) is 34.3 Å². The Hall–Kier alpha value is -3.56. The van der Waals surface area contributed by atoms with Gasteiger partial charge in [0.1, 0.15) is 16.5 Å². The number of nitrogens with zero attached hydrogens (tertiary/aromatic N) is 4. The van der Waals surface area contributed by atoms with E-state index in [1.165, 1.54) is 10.9 Å². The van der Waals surface area contributed by atoms with Crippen LogP contribution in [0.2, 0.25) is 5.15 Å². The van der Waals surface area contributed by atoms with E-state index < -0.39 is 11.9 Å². The number of anilines is 1. The van der Waals surface area contributed by atoms with Crippen molar-refractivity contribution in [2.75, 3.05) is 5.32 Å². The van der Waals surface area contributed by atoms with Gasteiger partial charge in [-0.3, -0.25) is 4.79 Å². The van der Waals surface area contributed by atoms with Gasteiger partial charge in [0.15, 0.2) is 11.5 Å². The van der Waals surface area contributed by atoms with Gasteiger partial charge in [0.05, 0.1) is 28.2 Å². The van der Waals surface area contributed by atoms with Gasteiger partial charge in [0.25, 0.3) is 0 Å². The zero-order valence-corrected chi connectivity index (χ0v) is 21.3. The van der Waals surface area contributed by atoms with Crippen molar-refractivity contribution in [3.63, 3.8) is 0 Å². The predicted molar refractivity (Wildman–Crippen MR) is 145 cm³/mol. The van der Waals surface area contributed by atoms with Crippen LogP contribution < -0.4 is 5.32 Å². The fourth-order valence-electron chi connectivity index (χ4n) is 6.10. The average Bonchev–Trinajstić information content (AvgIpc) is 3.53. The lowest BCUT2D eigenvalue weighted by Crippen LogP contribution is -2.51. The maximum Gasteiger partial charge on any atom is 0.308 e. The Morgan fingerprint density at radius 1 is 1.08 bits per heavy atom. The third kappa shape index (κ3) is 3.93. The number of aliphatic carboxylic acids is 1. The minimum Gasteiger partial charge on any atom is -0.481 e. The molecule has 0 spiro atoms. The largest absolute Gasteiger partial charge is 0.481 e. The molecule has 4 aromatic heterocycles. The molecule has 2 bridgehead atoms. The van der Waals surface area contributed by atoms with Crippen molar-refractivity contribution in [1.29, 1.82) is 0 Å². The standard InChI is InChI=1S/C27H23ClN6O2S/c28-20-12-30-26-24(32-20)16(11-29-26)25-31-17(19-9-15-3-1-2-4-18(15)37-19)10-21(34-25)33-23-14-7-5-13(6-8-14)22(23)27(35)36/h1-4,9-14,22-23H,5-8H2,(H,29,30)(H,35,36)(H,31,33,34). The summed E-state index contributed by atoms with van der Waals surface area (Å²) in [6.45, 7) is 0. The third-order valence-electron chi connectivity index (χ3n) is 7.82. The van der Waals surface area contributed by atoms with Crippen molar-refractivity contribution in [2.45, 2.75) is 31.7 Å². The number of fused-ring (bicyclic) bond motifs is 5. The van der Waals surface area contributed by atoms with Gasteiger partial charge < -0.3 is 15.4 Å². The maximum absolute atomic E-state index is 12.3. The lowest BCUT2D eigenvalue weighted by Gasteiger charge is -2.47. The van der Waals surface area contributed by atoms with Crippen LogP contribution in [-0.4, -0.2) is 42.0 Å². The first-order chi connectivity index (χ1) is 18.0. The second-order valence-electron chi connectivity index (χ2n) is 9.91. The summed E-state index contributed by atoms with van der Waals surface area (Å²) in [7, 11) is 0. The highest BCUT2D eigenvalue weighted by atomic mass is 35.5. The molecule has 5 aromatic rings. The van der Waals surface area contributed by atoms with Crippen molar-refractivity contribution >= 4 is 56.0 Å². The van der Waals surface area contributed by atoms with E-state index >= 15 is 0 Å². The molecule has 0 radical (unpaired) electrons. The van der Waals surface area contributed by atoms with E-state index in [1.807, 2.05) is 18.2 Å². The maximum atomic E-state index is 12.3. The molecular weight excluding hydrogens is 508 g/mol. The second kappa shape index (κ2) is 8.78. The topological polar surface area (TPSA) is 117 Å². The molecule has 186 valence electrons. The van der Waals surface area contributed by atoms with Crippen LogP contribution >= 0.6 is 22.9 Å². The Bertz CT molecular complexity index is 1620. The zero-order valence-electron chi connectivity index (χ0n) is 19.7. The van der Waals surface area contributed by atoms with E-state index in [-0.39, 0.29) is 17.1 Å². The number of nitrogens with one attached hydrogen (secondary N) is 2. The highest BCUT2D eigenvalue weighted by Crippen LogP contribution is 2.46. The molecule has 8 nitrogen and oxygen atoms in total. The molecule has 2 atom stereocenters. The number of benzene rings is 1. The normalized spacial score (nSPS) is 23.1. The summed E-state index contributed by atoms with van der Waals surface area (Å²) in [6, 6.07) is 12.1. The van der Waals surface area contributed by atoms with Crippen LogP contribution in [0.5, 0.6) is 0 Å². The SMILES string of the molecule is O=C(O)C1C2CCC(CC2)C1Nc1cc(-c2cc3ccccc3s2)nc(-c2c[nH]c3ncc(Cl)nc23)n1. The molecule has 3 aliphatic carbocycles. The molecule has 2 unspecified atom stereocenters. The van der Waals surface area contributed by atoms with E-state index in [0.717, 1.165) is 41.6 Å². The Morgan fingerprint density at radius 2 is 1.89 bits per heavy atom. The van der Waals surface area contributed by atoms with E-state index in [1.54, 1.807) is 17.5 Å². The van der Waals surface area contributed by atoms with Gasteiger partial charge in [0.2, 0.25) is 0 Å². The summed E-state index contributed by atoms with van der Waals surface area (Å²) in [5, 5.41) is 15.1. The Morgan fingerprint density at radius 3 is 2.70 bits per heavy atom. The Kier molecular flexibility index (Phi) is 5.37. The van der Waals surface area contributed by atoms with Gasteiger partial charge in [-0.1, -0.05) is 29.8 Å². The summed E-state index contributed by atoms with van der Waals surface area (Å²) >= 11 is 7.82. The number of thiophene rings is 1. The number of aromatic nitrogens is 5. The molecule has 37 heavy (non-hydrogen) atoms. The number of carboxylic acids is 1. The molecule has 1 aromatic carbocycles. The van der Waals surface area contributed by atoms with E-state index in [2.05, 4.69) is 38.5 Å². The fourth-order valence-corrected chi connectivity index (χ4v) is 7.26. The highest BCUT2D eigenvalue weighted by molar-refractivity contribution is 7.22. The first kappa shape index (κ1) is 22.6. The van der Waals surface area contributed by atoms with Crippen LogP contribution in [0.25, 0.3) is 43.2 Å². The second-order valence-corrected chi connectivity index (χ2v) is 11.4. The first-order valence-electron chi connectivity index (χ1n) is 12.4. The zero-order chi connectivity index (χ0) is 25.1. The fraction of sp³-hybridized carbons (Fsp3) is 0.296. The van der Waals surface area contributed by atoms with Crippen LogP contribution in [0.4, 0.5) is 5.82 Å². The molecule has 3 fully saturated rings. The quantitative estimate of drug-likeness (QED) is 0.246. The molecule has 3 saturated carbocycles. The minimum absolute atomic E-state index is 0.166. The summed E-state index contributed by atoms with van der Waals surface area (Å²) in [6.07, 6.45) is 7.34. The van der Waals surface area contributed by atoms with Gasteiger partial charge in [-0.2, -0.15) is 0 Å². The predicted octanol–water partition coefficient (Wildman–Crippen LogP) is 6.25. The van der Waals surface area contributed by atoms with Crippen molar-refractivity contribution in [2.24, 2.45) is 17.8 Å². The average molecular weight is 531 g/mol. The number of H-pyrrole nitrogens is 1. The molecular formula is C27H23ClN6O2S. The minimum atomic E-state index is -0.729. The number of halogens is 1. The monoisotopic (exact) mass is 530 g/mol. The smallest absolute Gasteiger partial charge is 0.308 e. The van der Waals surface area contributed by atoms with Crippen LogP contribution in [0, 0.1) is 17.8 Å². The van der Waals surface area contributed by atoms with Crippen molar-refractivity contribution in [1.82, 2.24) is 24.9 Å². The summed E-state index contributed by atoms with van der Waals surface area (Å²) < 4.78 is 1.17. The molecule has 0 aliphatic heterocycles.